The van der Waals surface area contributed by atoms with E-state index in [0.29, 0.717) is 13.0 Å². The first kappa shape index (κ1) is 6.01. The van der Waals surface area contributed by atoms with E-state index < -0.39 is 12.2 Å². The standard InChI is InChI=1S/C5H9O3/c6-3-5-4(7)1-2-8-5/h3-7H,1-2H2/t4-,5+/m0/s1. The molecule has 1 fully saturated rings. The molecule has 1 aliphatic rings. The Morgan fingerprint density at radius 2 is 2.38 bits per heavy atom. The van der Waals surface area contributed by atoms with Gasteiger partial charge in [0.25, 0.3) is 0 Å². The highest BCUT2D eigenvalue weighted by atomic mass is 16.5. The van der Waals surface area contributed by atoms with Crippen molar-refractivity contribution in [2.24, 2.45) is 0 Å². The van der Waals surface area contributed by atoms with E-state index in [1.807, 2.05) is 0 Å². The Morgan fingerprint density at radius 1 is 1.62 bits per heavy atom. The lowest BCUT2D eigenvalue weighted by atomic mass is 10.2. The molecule has 2 N–H and O–H groups in total. The first-order valence-electron chi connectivity index (χ1n) is 2.62. The average molecular weight is 117 g/mol. The van der Waals surface area contributed by atoms with Crippen LogP contribution in [0.4, 0.5) is 0 Å². The van der Waals surface area contributed by atoms with Gasteiger partial charge in [-0.25, -0.2) is 0 Å². The van der Waals surface area contributed by atoms with Crippen LogP contribution in [0.25, 0.3) is 0 Å². The molecule has 1 aliphatic heterocycles. The molecule has 0 amide bonds. The lowest BCUT2D eigenvalue weighted by molar-refractivity contribution is 0.0344. The quantitative estimate of drug-likeness (QED) is 0.494. The molecule has 0 spiro atoms. The van der Waals surface area contributed by atoms with Gasteiger partial charge in [0.05, 0.1) is 6.10 Å². The summed E-state index contributed by atoms with van der Waals surface area (Å²) in [6.45, 7) is 1.43. The molecule has 0 aromatic carbocycles. The van der Waals surface area contributed by atoms with E-state index in [9.17, 15) is 0 Å². The molecule has 2 atom stereocenters. The molecule has 0 aromatic rings. The molecule has 47 valence electrons. The van der Waals surface area contributed by atoms with Crippen molar-refractivity contribution < 1.29 is 14.9 Å². The van der Waals surface area contributed by atoms with Gasteiger partial charge in [-0.05, 0) is 6.42 Å². The second-order valence-corrected chi connectivity index (χ2v) is 1.84. The van der Waals surface area contributed by atoms with Crippen LogP contribution < -0.4 is 0 Å². The van der Waals surface area contributed by atoms with Crippen molar-refractivity contribution >= 4 is 0 Å². The lowest BCUT2D eigenvalue weighted by Gasteiger charge is -2.07. The van der Waals surface area contributed by atoms with Gasteiger partial charge < -0.3 is 14.9 Å². The second-order valence-electron chi connectivity index (χ2n) is 1.84. The first-order chi connectivity index (χ1) is 3.84. The molecule has 3 heteroatoms. The Bertz CT molecular complexity index is 74.1. The minimum Gasteiger partial charge on any atom is -0.390 e. The fourth-order valence-corrected chi connectivity index (χ4v) is 0.743. The average Bonchev–Trinajstić information content (AvgIpc) is 2.14. The minimum atomic E-state index is -0.500. The van der Waals surface area contributed by atoms with Crippen LogP contribution in [0.15, 0.2) is 0 Å². The molecule has 8 heavy (non-hydrogen) atoms. The van der Waals surface area contributed by atoms with Crippen molar-refractivity contribution in [2.45, 2.75) is 18.6 Å². The van der Waals surface area contributed by atoms with Gasteiger partial charge in [-0.15, -0.1) is 0 Å². The Balaban J connectivity index is 2.30. The van der Waals surface area contributed by atoms with E-state index in [1.54, 1.807) is 0 Å². The van der Waals surface area contributed by atoms with Crippen molar-refractivity contribution in [3.05, 3.63) is 6.61 Å². The van der Waals surface area contributed by atoms with Gasteiger partial charge in [-0.2, -0.15) is 0 Å². The topological polar surface area (TPSA) is 49.7 Å². The molecular formula is C5H9O3. The molecule has 1 saturated heterocycles. The summed E-state index contributed by atoms with van der Waals surface area (Å²) in [6.07, 6.45) is -0.322. The molecule has 1 heterocycles. The fraction of sp³-hybridized carbons (Fsp3) is 0.800. The van der Waals surface area contributed by atoms with Crippen LogP contribution in [0.1, 0.15) is 6.42 Å². The van der Waals surface area contributed by atoms with E-state index >= 15 is 0 Å². The van der Waals surface area contributed by atoms with Gasteiger partial charge in [-0.3, -0.25) is 0 Å². The SMILES string of the molecule is O[CH][C@H]1OCC[C@@H]1O. The van der Waals surface area contributed by atoms with Crippen molar-refractivity contribution in [3.8, 4) is 0 Å². The van der Waals surface area contributed by atoms with Crippen LogP contribution in [-0.2, 0) is 4.74 Å². The third-order valence-corrected chi connectivity index (χ3v) is 1.25. The number of aliphatic hydroxyl groups excluding tert-OH is 2. The zero-order chi connectivity index (χ0) is 5.98. The summed E-state index contributed by atoms with van der Waals surface area (Å²) in [6, 6.07) is 0. The summed E-state index contributed by atoms with van der Waals surface area (Å²) in [5.74, 6) is 0. The summed E-state index contributed by atoms with van der Waals surface area (Å²) in [7, 11) is 0. The molecule has 0 aromatic heterocycles. The fourth-order valence-electron chi connectivity index (χ4n) is 0.743. The summed E-state index contributed by atoms with van der Waals surface area (Å²) in [5, 5.41) is 17.2. The summed E-state index contributed by atoms with van der Waals surface area (Å²) in [4.78, 5) is 0. The predicted molar refractivity (Wildman–Crippen MR) is 26.6 cm³/mol. The van der Waals surface area contributed by atoms with Gasteiger partial charge in [0.2, 0.25) is 0 Å². The molecule has 0 saturated carbocycles. The highest BCUT2D eigenvalue weighted by molar-refractivity contribution is 4.79. The van der Waals surface area contributed by atoms with Crippen LogP contribution in [0.3, 0.4) is 0 Å². The van der Waals surface area contributed by atoms with Crippen molar-refractivity contribution in [1.82, 2.24) is 0 Å². The van der Waals surface area contributed by atoms with E-state index in [4.69, 9.17) is 14.9 Å². The highest BCUT2D eigenvalue weighted by Gasteiger charge is 2.25. The lowest BCUT2D eigenvalue weighted by Crippen LogP contribution is -2.20. The molecule has 0 bridgehead atoms. The first-order valence-corrected chi connectivity index (χ1v) is 2.62. The summed E-state index contributed by atoms with van der Waals surface area (Å²) >= 11 is 0. The smallest absolute Gasteiger partial charge is 0.112 e. The zero-order valence-corrected chi connectivity index (χ0v) is 4.45. The third kappa shape index (κ3) is 0.992. The van der Waals surface area contributed by atoms with Crippen LogP contribution in [0.2, 0.25) is 0 Å². The van der Waals surface area contributed by atoms with Gasteiger partial charge in [-0.1, -0.05) is 0 Å². The monoisotopic (exact) mass is 117 g/mol. The maximum atomic E-state index is 8.87. The maximum absolute atomic E-state index is 8.87. The summed E-state index contributed by atoms with van der Waals surface area (Å²) < 4.78 is 4.86. The predicted octanol–water partition coefficient (Wildman–Crippen LogP) is -0.330. The highest BCUT2D eigenvalue weighted by Crippen LogP contribution is 2.13. The van der Waals surface area contributed by atoms with Gasteiger partial charge >= 0.3 is 0 Å². The van der Waals surface area contributed by atoms with Crippen molar-refractivity contribution in [3.63, 3.8) is 0 Å². The number of aliphatic hydroxyl groups is 2. The van der Waals surface area contributed by atoms with Gasteiger partial charge in [0.1, 0.15) is 12.7 Å². The van der Waals surface area contributed by atoms with E-state index in [2.05, 4.69) is 0 Å². The largest absolute Gasteiger partial charge is 0.390 e. The minimum absolute atomic E-state index is 0.449. The van der Waals surface area contributed by atoms with Gasteiger partial charge in [0.15, 0.2) is 0 Å². The summed E-state index contributed by atoms with van der Waals surface area (Å²) in [5.41, 5.74) is 0. The molecular weight excluding hydrogens is 108 g/mol. The number of rotatable bonds is 1. The number of hydrogen-bond acceptors (Lipinski definition) is 3. The maximum Gasteiger partial charge on any atom is 0.112 e. The third-order valence-electron chi connectivity index (χ3n) is 1.25. The van der Waals surface area contributed by atoms with Crippen molar-refractivity contribution in [1.29, 1.82) is 0 Å². The zero-order valence-electron chi connectivity index (χ0n) is 4.45. The Kier molecular flexibility index (Phi) is 1.83. The Labute approximate surface area is 47.9 Å². The van der Waals surface area contributed by atoms with Crippen LogP contribution >= 0.6 is 0 Å². The van der Waals surface area contributed by atoms with Crippen molar-refractivity contribution in [2.75, 3.05) is 6.61 Å². The molecule has 3 nitrogen and oxygen atoms in total. The normalized spacial score (nSPS) is 38.2. The van der Waals surface area contributed by atoms with E-state index in [1.165, 1.54) is 0 Å². The van der Waals surface area contributed by atoms with Crippen LogP contribution in [0, 0.1) is 6.61 Å². The Hall–Kier alpha value is -0.120. The Morgan fingerprint density at radius 3 is 2.62 bits per heavy atom. The number of hydrogen-bond donors (Lipinski definition) is 2. The molecule has 0 aliphatic carbocycles. The van der Waals surface area contributed by atoms with E-state index in [0.717, 1.165) is 6.61 Å². The van der Waals surface area contributed by atoms with E-state index in [-0.39, 0.29) is 0 Å². The molecule has 0 unspecified atom stereocenters. The number of ether oxygens (including phenoxy) is 1. The van der Waals surface area contributed by atoms with Crippen LogP contribution in [-0.4, -0.2) is 29.0 Å². The second kappa shape index (κ2) is 2.44. The molecule has 1 rings (SSSR count). The van der Waals surface area contributed by atoms with Crippen LogP contribution in [0.5, 0.6) is 0 Å². The molecule has 1 radical (unpaired) electrons. The van der Waals surface area contributed by atoms with Gasteiger partial charge in [0, 0.05) is 6.61 Å².